The molecule has 35 heavy (non-hydrogen) atoms. The molecule has 1 saturated heterocycles. The first-order valence-electron chi connectivity index (χ1n) is 11.4. The van der Waals surface area contributed by atoms with E-state index in [1.807, 2.05) is 0 Å². The second kappa shape index (κ2) is 9.41. The average Bonchev–Trinajstić information content (AvgIpc) is 3.12. The van der Waals surface area contributed by atoms with Crippen LogP contribution in [0.4, 0.5) is 19.0 Å². The highest BCUT2D eigenvalue weighted by Gasteiger charge is 2.36. The van der Waals surface area contributed by atoms with Gasteiger partial charge in [-0.2, -0.15) is 17.3 Å². The molecule has 2 heterocycles. The lowest BCUT2D eigenvalue weighted by molar-refractivity contribution is -0.137. The van der Waals surface area contributed by atoms with E-state index in [1.165, 1.54) is 0 Å². The van der Waals surface area contributed by atoms with Gasteiger partial charge in [-0.15, -0.1) is 5.10 Å². The maximum atomic E-state index is 13.2. The van der Waals surface area contributed by atoms with E-state index >= 15 is 0 Å². The van der Waals surface area contributed by atoms with E-state index in [1.54, 1.807) is 6.92 Å². The van der Waals surface area contributed by atoms with Crippen molar-refractivity contribution in [2.75, 3.05) is 31.2 Å². The van der Waals surface area contributed by atoms with E-state index in [4.69, 9.17) is 0 Å². The molecule has 0 radical (unpaired) electrons. The van der Waals surface area contributed by atoms with Crippen LogP contribution in [0.15, 0.2) is 18.2 Å². The molecular weight excluding hydrogens is 487 g/mol. The van der Waals surface area contributed by atoms with Crippen LogP contribution in [-0.4, -0.2) is 72.2 Å². The number of halogens is 3. The quantitative estimate of drug-likeness (QED) is 0.581. The number of hydrogen-bond acceptors (Lipinski definition) is 7. The Bertz CT molecular complexity index is 1230. The third kappa shape index (κ3) is 5.61. The number of hydrogen-bond donors (Lipinski definition) is 2. The number of amides is 1. The van der Waals surface area contributed by atoms with Crippen molar-refractivity contribution < 1.29 is 31.2 Å². The molecule has 1 aromatic carbocycles. The van der Waals surface area contributed by atoms with Gasteiger partial charge in [0.1, 0.15) is 5.78 Å². The van der Waals surface area contributed by atoms with Crippen LogP contribution in [0.3, 0.4) is 0 Å². The van der Waals surface area contributed by atoms with Gasteiger partial charge in [0, 0.05) is 30.4 Å². The van der Waals surface area contributed by atoms with Gasteiger partial charge in [0.05, 0.1) is 29.9 Å². The molecule has 9 nitrogen and oxygen atoms in total. The summed E-state index contributed by atoms with van der Waals surface area (Å²) in [7, 11) is -3.88. The van der Waals surface area contributed by atoms with Gasteiger partial charge in [0.15, 0.2) is 5.82 Å². The first-order chi connectivity index (χ1) is 16.3. The molecule has 4 rings (SSSR count). The monoisotopic (exact) mass is 515 g/mol. The summed E-state index contributed by atoms with van der Waals surface area (Å²) >= 11 is 0. The topological polar surface area (TPSA) is 113 Å². The van der Waals surface area contributed by atoms with Crippen molar-refractivity contribution >= 4 is 38.4 Å². The predicted molar refractivity (Wildman–Crippen MR) is 123 cm³/mol. The lowest BCUT2D eigenvalue weighted by Crippen LogP contribution is -2.63. The Balaban J connectivity index is 1.35. The minimum absolute atomic E-state index is 0.0162. The number of aromatic nitrogens is 2. The second-order valence-electron chi connectivity index (χ2n) is 9.37. The summed E-state index contributed by atoms with van der Waals surface area (Å²) in [5.74, 6) is -0.0925. The van der Waals surface area contributed by atoms with Crippen LogP contribution < -0.4 is 10.6 Å². The van der Waals surface area contributed by atoms with Gasteiger partial charge in [0.25, 0.3) is 10.0 Å². The molecule has 0 bridgehead atoms. The van der Waals surface area contributed by atoms with Crippen molar-refractivity contribution in [2.45, 2.75) is 50.9 Å². The van der Waals surface area contributed by atoms with E-state index in [2.05, 4.69) is 20.6 Å². The minimum Gasteiger partial charge on any atom is -0.359 e. The fraction of sp³-hybridized carbons (Fsp3) is 0.591. The summed E-state index contributed by atoms with van der Waals surface area (Å²) in [6.45, 7) is 2.76. The van der Waals surface area contributed by atoms with Crippen molar-refractivity contribution in [3.05, 3.63) is 23.8 Å². The zero-order chi connectivity index (χ0) is 25.5. The highest BCUT2D eigenvalue weighted by atomic mass is 32.2. The number of alkyl halides is 3. The van der Waals surface area contributed by atoms with Gasteiger partial charge in [0.2, 0.25) is 5.91 Å². The molecule has 0 unspecified atom stereocenters. The Morgan fingerprint density at radius 3 is 2.37 bits per heavy atom. The molecule has 1 amide bonds. The average molecular weight is 516 g/mol. The number of anilines is 1. The van der Waals surface area contributed by atoms with Crippen LogP contribution >= 0.6 is 0 Å². The highest BCUT2D eigenvalue weighted by Crippen LogP contribution is 2.34. The van der Waals surface area contributed by atoms with Gasteiger partial charge in [-0.05, 0) is 50.8 Å². The van der Waals surface area contributed by atoms with Crippen molar-refractivity contribution in [1.29, 1.82) is 0 Å². The zero-order valence-corrected chi connectivity index (χ0v) is 20.2. The molecule has 1 aliphatic carbocycles. The number of rotatable bonds is 7. The maximum absolute atomic E-state index is 13.2. The number of likely N-dealkylation sites (tertiary alicyclic amines) is 1. The van der Waals surface area contributed by atoms with E-state index in [0.717, 1.165) is 50.1 Å². The summed E-state index contributed by atoms with van der Waals surface area (Å²) in [6.07, 6.45) is -0.0198. The summed E-state index contributed by atoms with van der Waals surface area (Å²) in [5.41, 5.74) is -0.963. The summed E-state index contributed by atoms with van der Waals surface area (Å²) in [5, 5.41) is 9.41. The predicted octanol–water partition coefficient (Wildman–Crippen LogP) is 2.22. The summed E-state index contributed by atoms with van der Waals surface area (Å²) in [4.78, 5) is 26.2. The minimum atomic E-state index is -4.61. The Labute approximate surface area is 201 Å². The largest absolute Gasteiger partial charge is 0.416 e. The van der Waals surface area contributed by atoms with Crippen LogP contribution in [0.1, 0.15) is 38.2 Å². The SMILES string of the molecule is CC(=O)C1CCC(N2CC(NC(=O)CNc3nn(S(C)(=O)=O)c4ccc(C(F)(F)F)cc34)C2)CC1. The molecule has 1 saturated carbocycles. The standard InChI is InChI=1S/C22H28F3N5O4S/c1-13(31)14-3-6-17(7-4-14)29-11-16(12-29)27-20(32)10-26-21-18-9-15(22(23,24)25)5-8-19(18)30(28-21)35(2,33)34/h5,8-9,14,16-17H,3-4,6-7,10-12H2,1-2H3,(H,26,28)(H,27,32). The number of Topliss-reactive ketones (excluding diaryl/α,β-unsaturated/α-hetero) is 1. The van der Waals surface area contributed by atoms with Crippen molar-refractivity contribution in [3.63, 3.8) is 0 Å². The number of fused-ring (bicyclic) bond motifs is 1. The fourth-order valence-corrected chi connectivity index (χ4v) is 5.59. The maximum Gasteiger partial charge on any atom is 0.416 e. The molecule has 2 aliphatic rings. The first-order valence-corrected chi connectivity index (χ1v) is 13.3. The van der Waals surface area contributed by atoms with Gasteiger partial charge in [-0.25, -0.2) is 8.42 Å². The van der Waals surface area contributed by atoms with Gasteiger partial charge < -0.3 is 10.6 Å². The molecule has 0 atom stereocenters. The van der Waals surface area contributed by atoms with E-state index < -0.39 is 21.8 Å². The third-order valence-corrected chi connectivity index (χ3v) is 7.68. The molecule has 1 aliphatic heterocycles. The second-order valence-corrected chi connectivity index (χ2v) is 11.2. The smallest absolute Gasteiger partial charge is 0.359 e. The zero-order valence-electron chi connectivity index (χ0n) is 19.4. The molecule has 2 fully saturated rings. The molecule has 1 aromatic heterocycles. The molecule has 13 heteroatoms. The number of nitrogens with one attached hydrogen (secondary N) is 2. The normalized spacial score (nSPS) is 22.1. The highest BCUT2D eigenvalue weighted by molar-refractivity contribution is 7.89. The summed E-state index contributed by atoms with van der Waals surface area (Å²) < 4.78 is 64.2. The van der Waals surface area contributed by atoms with Crippen LogP contribution in [0.2, 0.25) is 0 Å². The van der Waals surface area contributed by atoms with Crippen LogP contribution in [0.5, 0.6) is 0 Å². The lowest BCUT2D eigenvalue weighted by Gasteiger charge is -2.46. The Hall–Kier alpha value is -2.67. The third-order valence-electron chi connectivity index (χ3n) is 6.77. The molecular formula is C22H28F3N5O4S. The van der Waals surface area contributed by atoms with Crippen LogP contribution in [-0.2, 0) is 25.8 Å². The van der Waals surface area contributed by atoms with E-state index in [0.29, 0.717) is 23.2 Å². The van der Waals surface area contributed by atoms with Gasteiger partial charge >= 0.3 is 6.18 Å². The number of nitrogens with zero attached hydrogens (tertiary/aromatic N) is 3. The first kappa shape index (κ1) is 25.4. The molecule has 2 N–H and O–H groups in total. The Kier molecular flexibility index (Phi) is 6.84. The molecule has 0 spiro atoms. The number of carbonyl (C=O) groups is 2. The molecule has 2 aromatic rings. The fourth-order valence-electron chi connectivity index (χ4n) is 4.84. The Morgan fingerprint density at radius 1 is 1.14 bits per heavy atom. The van der Waals surface area contributed by atoms with Crippen molar-refractivity contribution in [2.24, 2.45) is 5.92 Å². The molecule has 192 valence electrons. The van der Waals surface area contributed by atoms with Crippen LogP contribution in [0, 0.1) is 5.92 Å². The van der Waals surface area contributed by atoms with E-state index in [-0.39, 0.29) is 46.9 Å². The van der Waals surface area contributed by atoms with Crippen LogP contribution in [0.25, 0.3) is 10.9 Å². The van der Waals surface area contributed by atoms with Crippen molar-refractivity contribution in [3.8, 4) is 0 Å². The number of carbonyl (C=O) groups excluding carboxylic acids is 2. The lowest BCUT2D eigenvalue weighted by atomic mass is 9.82. The van der Waals surface area contributed by atoms with E-state index in [9.17, 15) is 31.2 Å². The van der Waals surface area contributed by atoms with Crippen molar-refractivity contribution in [1.82, 2.24) is 19.4 Å². The summed E-state index contributed by atoms with van der Waals surface area (Å²) in [6, 6.07) is 3.01. The van der Waals surface area contributed by atoms with Gasteiger partial charge in [-0.3, -0.25) is 14.5 Å². The number of benzene rings is 1. The van der Waals surface area contributed by atoms with Gasteiger partial charge in [-0.1, -0.05) is 0 Å². The number of ketones is 1. The Morgan fingerprint density at radius 2 is 1.80 bits per heavy atom.